The van der Waals surface area contributed by atoms with Gasteiger partial charge in [-0.1, -0.05) is 39.0 Å². The molecule has 0 spiro atoms. The number of aromatic amines is 1. The first kappa shape index (κ1) is 20.6. The van der Waals surface area contributed by atoms with Gasteiger partial charge in [-0.15, -0.1) is 0 Å². The molecule has 146 valence electrons. The zero-order chi connectivity index (χ0) is 19.8. The average molecular weight is 372 g/mol. The predicted octanol–water partition coefficient (Wildman–Crippen LogP) is 4.55. The van der Waals surface area contributed by atoms with E-state index in [1.54, 1.807) is 12.1 Å². The van der Waals surface area contributed by atoms with Gasteiger partial charge in [-0.25, -0.2) is 4.68 Å². The van der Waals surface area contributed by atoms with E-state index in [1.807, 2.05) is 13.8 Å². The first-order valence-corrected chi connectivity index (χ1v) is 9.53. The summed E-state index contributed by atoms with van der Waals surface area (Å²) in [6, 6.07) is 5.89. The molecule has 0 fully saturated rings. The number of H-pyrrole nitrogens is 1. The molecule has 1 N–H and O–H groups in total. The largest absolute Gasteiger partial charge is 0.295 e. The van der Waals surface area contributed by atoms with Crippen LogP contribution in [0.2, 0.25) is 0 Å². The Morgan fingerprint density at radius 1 is 1.15 bits per heavy atom. The molecule has 0 aliphatic rings. The quantitative estimate of drug-likeness (QED) is 0.287. The van der Waals surface area contributed by atoms with Gasteiger partial charge in [-0.3, -0.25) is 25.0 Å². The van der Waals surface area contributed by atoms with Gasteiger partial charge in [0, 0.05) is 30.1 Å². The highest BCUT2D eigenvalue weighted by atomic mass is 16.6. The number of aromatic nitrogens is 2. The molecule has 0 bridgehead atoms. The molecule has 0 saturated heterocycles. The van der Waals surface area contributed by atoms with Gasteiger partial charge < -0.3 is 0 Å². The van der Waals surface area contributed by atoms with Crippen molar-refractivity contribution < 1.29 is 4.92 Å². The molecular formula is C20H28N4O3. The summed E-state index contributed by atoms with van der Waals surface area (Å²) in [6.07, 6.45) is 7.23. The Morgan fingerprint density at radius 2 is 1.78 bits per heavy atom. The normalized spacial score (nSPS) is 11.7. The molecule has 2 rings (SSSR count). The minimum Gasteiger partial charge on any atom is -0.295 e. The number of non-ortho nitro benzene ring substituents is 1. The number of benzene rings is 1. The third kappa shape index (κ3) is 5.39. The maximum absolute atomic E-state index is 12.8. The van der Waals surface area contributed by atoms with Crippen molar-refractivity contribution in [1.82, 2.24) is 9.78 Å². The second kappa shape index (κ2) is 9.85. The highest BCUT2D eigenvalue weighted by Crippen LogP contribution is 2.15. The number of unbranched alkanes of at least 4 members (excludes halogenated alkanes) is 5. The van der Waals surface area contributed by atoms with Gasteiger partial charge >= 0.3 is 0 Å². The van der Waals surface area contributed by atoms with Crippen molar-refractivity contribution in [3.63, 3.8) is 0 Å². The van der Waals surface area contributed by atoms with Gasteiger partial charge in [0.1, 0.15) is 0 Å². The van der Waals surface area contributed by atoms with Crippen LogP contribution in [0.1, 0.15) is 63.6 Å². The van der Waals surface area contributed by atoms with E-state index in [4.69, 9.17) is 0 Å². The van der Waals surface area contributed by atoms with Crippen LogP contribution in [0.25, 0.3) is 5.69 Å². The summed E-state index contributed by atoms with van der Waals surface area (Å²) in [4.78, 5) is 27.7. The first-order chi connectivity index (χ1) is 13.0. The summed E-state index contributed by atoms with van der Waals surface area (Å²) in [5, 5.41) is 13.8. The predicted molar refractivity (Wildman–Crippen MR) is 108 cm³/mol. The Balaban J connectivity index is 2.09. The Bertz CT molecular complexity index is 847. The summed E-state index contributed by atoms with van der Waals surface area (Å²) in [5.41, 5.74) is 2.39. The minimum absolute atomic E-state index is 0.00743. The fourth-order valence-electron chi connectivity index (χ4n) is 3.10. The monoisotopic (exact) mass is 372 g/mol. The van der Waals surface area contributed by atoms with E-state index in [2.05, 4.69) is 17.0 Å². The van der Waals surface area contributed by atoms with E-state index in [0.29, 0.717) is 11.3 Å². The molecule has 27 heavy (non-hydrogen) atoms. The smallest absolute Gasteiger partial charge is 0.280 e. The Labute approximate surface area is 159 Å². The lowest BCUT2D eigenvalue weighted by atomic mass is 10.1. The number of hydrogen-bond donors (Lipinski definition) is 1. The Hall–Kier alpha value is -2.70. The van der Waals surface area contributed by atoms with Gasteiger partial charge in [-0.2, -0.15) is 0 Å². The Morgan fingerprint density at radius 3 is 2.41 bits per heavy atom. The summed E-state index contributed by atoms with van der Waals surface area (Å²) >= 11 is 0. The second-order valence-corrected chi connectivity index (χ2v) is 6.76. The molecule has 1 aromatic carbocycles. The van der Waals surface area contributed by atoms with Crippen LogP contribution in [0, 0.1) is 17.0 Å². The molecule has 0 aliphatic carbocycles. The summed E-state index contributed by atoms with van der Waals surface area (Å²) < 4.78 is 1.40. The number of aliphatic imine (C=N–C) groups is 1. The zero-order valence-electron chi connectivity index (χ0n) is 16.3. The molecule has 1 heterocycles. The van der Waals surface area contributed by atoms with Gasteiger partial charge in [0.2, 0.25) is 0 Å². The maximum Gasteiger partial charge on any atom is 0.280 e. The maximum atomic E-state index is 12.8. The summed E-state index contributed by atoms with van der Waals surface area (Å²) in [6.45, 7) is 6.62. The fraction of sp³-hybridized carbons (Fsp3) is 0.500. The molecule has 1 aromatic heterocycles. The topological polar surface area (TPSA) is 93.3 Å². The van der Waals surface area contributed by atoms with Crippen LogP contribution in [0.5, 0.6) is 0 Å². The zero-order valence-corrected chi connectivity index (χ0v) is 16.3. The van der Waals surface area contributed by atoms with Gasteiger partial charge in [0.05, 0.1) is 16.2 Å². The molecular weight excluding hydrogens is 344 g/mol. The lowest BCUT2D eigenvalue weighted by Gasteiger charge is -2.01. The molecule has 7 heteroatoms. The molecule has 0 radical (unpaired) electrons. The van der Waals surface area contributed by atoms with E-state index < -0.39 is 4.92 Å². The van der Waals surface area contributed by atoms with Crippen LogP contribution in [0.3, 0.4) is 0 Å². The van der Waals surface area contributed by atoms with Crippen LogP contribution in [0.4, 0.5) is 5.69 Å². The first-order valence-electron chi connectivity index (χ1n) is 9.53. The van der Waals surface area contributed by atoms with Crippen molar-refractivity contribution in [1.29, 1.82) is 0 Å². The van der Waals surface area contributed by atoms with Crippen LogP contribution in [0.15, 0.2) is 34.1 Å². The third-order valence-corrected chi connectivity index (χ3v) is 4.61. The summed E-state index contributed by atoms with van der Waals surface area (Å²) in [7, 11) is 0. The van der Waals surface area contributed by atoms with Crippen molar-refractivity contribution in [3.8, 4) is 5.69 Å². The second-order valence-electron chi connectivity index (χ2n) is 6.76. The molecule has 0 aliphatic heterocycles. The number of hydrogen-bond acceptors (Lipinski definition) is 4. The van der Waals surface area contributed by atoms with E-state index in [0.717, 1.165) is 30.8 Å². The summed E-state index contributed by atoms with van der Waals surface area (Å²) in [5.74, 6) is 0. The number of aryl methyl sites for hydroxylation is 1. The average Bonchev–Trinajstić information content (AvgIpc) is 2.95. The van der Waals surface area contributed by atoms with Crippen molar-refractivity contribution in [2.45, 2.75) is 59.3 Å². The van der Waals surface area contributed by atoms with Crippen LogP contribution < -0.4 is 5.56 Å². The van der Waals surface area contributed by atoms with Crippen molar-refractivity contribution in [2.24, 2.45) is 4.99 Å². The van der Waals surface area contributed by atoms with Gasteiger partial charge in [0.15, 0.2) is 0 Å². The molecule has 0 saturated carbocycles. The standard InChI is InChI=1S/C20H28N4O3/c1-4-5-6-7-8-9-14-21-15(2)19-16(3)22-23(20(19)25)17-10-12-18(13-11-17)24(26)27/h10-13,22H,4-9,14H2,1-3H3. The van der Waals surface area contributed by atoms with Gasteiger partial charge in [-0.05, 0) is 32.4 Å². The van der Waals surface area contributed by atoms with E-state index in [1.165, 1.54) is 42.5 Å². The molecule has 0 atom stereocenters. The number of rotatable bonds is 10. The fourth-order valence-corrected chi connectivity index (χ4v) is 3.10. The van der Waals surface area contributed by atoms with Crippen LogP contribution in [-0.2, 0) is 0 Å². The van der Waals surface area contributed by atoms with Crippen molar-refractivity contribution in [2.75, 3.05) is 6.54 Å². The number of nitro groups is 1. The van der Waals surface area contributed by atoms with E-state index in [9.17, 15) is 14.9 Å². The highest BCUT2D eigenvalue weighted by Gasteiger charge is 2.15. The third-order valence-electron chi connectivity index (χ3n) is 4.61. The number of nitrogens with one attached hydrogen (secondary N) is 1. The molecule has 0 amide bonds. The number of nitro benzene ring substituents is 1. The van der Waals surface area contributed by atoms with Crippen molar-refractivity contribution >= 4 is 11.4 Å². The molecule has 7 nitrogen and oxygen atoms in total. The van der Waals surface area contributed by atoms with Crippen LogP contribution in [-0.4, -0.2) is 27.0 Å². The lowest BCUT2D eigenvalue weighted by Crippen LogP contribution is -2.19. The molecule has 0 unspecified atom stereocenters. The molecule has 2 aromatic rings. The Kier molecular flexibility index (Phi) is 7.52. The lowest BCUT2D eigenvalue weighted by molar-refractivity contribution is -0.384. The van der Waals surface area contributed by atoms with Gasteiger partial charge in [0.25, 0.3) is 11.2 Å². The van der Waals surface area contributed by atoms with Crippen LogP contribution >= 0.6 is 0 Å². The SMILES string of the molecule is CCCCCCCCN=C(C)c1c(C)[nH]n(-c2ccc([N+](=O)[O-])cc2)c1=O. The van der Waals surface area contributed by atoms with E-state index >= 15 is 0 Å². The number of nitrogens with zero attached hydrogens (tertiary/aromatic N) is 3. The van der Waals surface area contributed by atoms with E-state index in [-0.39, 0.29) is 11.2 Å². The van der Waals surface area contributed by atoms with Crippen molar-refractivity contribution in [3.05, 3.63) is 56.0 Å². The highest BCUT2D eigenvalue weighted by molar-refractivity contribution is 5.99. The minimum atomic E-state index is -0.461.